The number of hydrogen-bond donors (Lipinski definition) is 0. The van der Waals surface area contributed by atoms with Gasteiger partial charge in [-0.3, -0.25) is 9.69 Å². The molecular formula is C23H24INO4. The molecule has 2 aromatic rings. The maximum absolute atomic E-state index is 13.0. The lowest BCUT2D eigenvalue weighted by Crippen LogP contribution is -2.53. The number of rotatable bonds is 5. The molecule has 2 aromatic carbocycles. The van der Waals surface area contributed by atoms with Gasteiger partial charge in [0.15, 0.2) is 0 Å². The minimum Gasteiger partial charge on any atom is -0.460 e. The molecule has 29 heavy (non-hydrogen) atoms. The van der Waals surface area contributed by atoms with Gasteiger partial charge in [-0.15, -0.1) is 0 Å². The van der Waals surface area contributed by atoms with E-state index in [1.54, 1.807) is 12.1 Å². The summed E-state index contributed by atoms with van der Waals surface area (Å²) in [5, 5.41) is 0. The van der Waals surface area contributed by atoms with Crippen LogP contribution in [0.15, 0.2) is 54.6 Å². The van der Waals surface area contributed by atoms with Gasteiger partial charge in [-0.1, -0.05) is 30.3 Å². The second kappa shape index (κ2) is 8.83. The summed E-state index contributed by atoms with van der Waals surface area (Å²) in [7, 11) is 2.05. The number of esters is 2. The molecule has 2 fully saturated rings. The fraction of sp³-hybridized carbons (Fsp3) is 0.391. The lowest BCUT2D eigenvalue weighted by molar-refractivity contribution is -0.160. The van der Waals surface area contributed by atoms with Crippen LogP contribution in [0.5, 0.6) is 0 Å². The molecule has 0 N–H and O–H groups in total. The lowest BCUT2D eigenvalue weighted by Gasteiger charge is -2.40. The highest BCUT2D eigenvalue weighted by Crippen LogP contribution is 2.40. The van der Waals surface area contributed by atoms with Crippen molar-refractivity contribution in [3.8, 4) is 0 Å². The Morgan fingerprint density at radius 3 is 2.52 bits per heavy atom. The number of halogens is 1. The van der Waals surface area contributed by atoms with E-state index in [0.717, 1.165) is 22.0 Å². The van der Waals surface area contributed by atoms with Crippen molar-refractivity contribution in [2.24, 2.45) is 5.92 Å². The first kappa shape index (κ1) is 20.3. The maximum atomic E-state index is 13.0. The molecule has 0 saturated carbocycles. The average Bonchev–Trinajstić information content (AvgIpc) is 2.96. The first-order valence-corrected chi connectivity index (χ1v) is 11.0. The highest BCUT2D eigenvalue weighted by atomic mass is 127. The largest absolute Gasteiger partial charge is 0.460 e. The van der Waals surface area contributed by atoms with Crippen molar-refractivity contribution >= 4 is 34.5 Å². The summed E-state index contributed by atoms with van der Waals surface area (Å²) in [6, 6.07) is 17.3. The van der Waals surface area contributed by atoms with Crippen LogP contribution in [0.3, 0.4) is 0 Å². The maximum Gasteiger partial charge on any atom is 0.338 e. The van der Waals surface area contributed by atoms with Gasteiger partial charge >= 0.3 is 11.9 Å². The predicted octanol–water partition coefficient (Wildman–Crippen LogP) is 4.04. The monoisotopic (exact) mass is 505 g/mol. The second-order valence-electron chi connectivity index (χ2n) is 7.77. The van der Waals surface area contributed by atoms with Crippen molar-refractivity contribution in [1.29, 1.82) is 0 Å². The molecule has 0 amide bonds. The molecule has 4 rings (SSSR count). The zero-order valence-electron chi connectivity index (χ0n) is 16.3. The predicted molar refractivity (Wildman–Crippen MR) is 117 cm³/mol. The van der Waals surface area contributed by atoms with E-state index in [4.69, 9.17) is 9.47 Å². The van der Waals surface area contributed by atoms with E-state index in [1.165, 1.54) is 0 Å². The van der Waals surface area contributed by atoms with E-state index < -0.39 is 12.0 Å². The number of nitrogens with zero attached hydrogens (tertiary/aromatic N) is 1. The van der Waals surface area contributed by atoms with Crippen LogP contribution in [0.2, 0.25) is 0 Å². The summed E-state index contributed by atoms with van der Waals surface area (Å²) in [6.45, 7) is 0.230. The normalized spacial score (nSPS) is 26.1. The van der Waals surface area contributed by atoms with Crippen molar-refractivity contribution in [3.63, 3.8) is 0 Å². The van der Waals surface area contributed by atoms with Crippen LogP contribution in [-0.2, 0) is 20.9 Å². The Morgan fingerprint density at radius 1 is 1.07 bits per heavy atom. The molecule has 2 saturated heterocycles. The molecule has 0 radical (unpaired) electrons. The van der Waals surface area contributed by atoms with E-state index in [-0.39, 0.29) is 24.6 Å². The van der Waals surface area contributed by atoms with Crippen molar-refractivity contribution in [1.82, 2.24) is 4.90 Å². The number of benzene rings is 2. The van der Waals surface area contributed by atoms with E-state index in [9.17, 15) is 9.59 Å². The molecule has 4 atom stereocenters. The molecule has 6 heteroatoms. The molecule has 0 aliphatic carbocycles. The van der Waals surface area contributed by atoms with Crippen LogP contribution in [0.25, 0.3) is 0 Å². The molecule has 0 aromatic heterocycles. The van der Waals surface area contributed by atoms with Crippen LogP contribution >= 0.6 is 22.6 Å². The van der Waals surface area contributed by atoms with Gasteiger partial charge in [-0.05, 0) is 72.3 Å². The summed E-state index contributed by atoms with van der Waals surface area (Å²) in [6.07, 6.45) is 2.14. The average molecular weight is 505 g/mol. The van der Waals surface area contributed by atoms with E-state index in [1.807, 2.05) is 42.5 Å². The molecule has 2 bridgehead atoms. The molecule has 2 aliphatic rings. The molecular weight excluding hydrogens is 481 g/mol. The number of hydrogen-bond acceptors (Lipinski definition) is 5. The Kier molecular flexibility index (Phi) is 6.20. The second-order valence-corrected chi connectivity index (χ2v) is 9.02. The Labute approximate surface area is 184 Å². The quantitative estimate of drug-likeness (QED) is 0.454. The van der Waals surface area contributed by atoms with Gasteiger partial charge < -0.3 is 9.47 Å². The molecule has 2 heterocycles. The highest BCUT2D eigenvalue weighted by Gasteiger charge is 2.51. The summed E-state index contributed by atoms with van der Waals surface area (Å²) in [4.78, 5) is 28.0. The summed E-state index contributed by atoms with van der Waals surface area (Å²) >= 11 is 2.20. The van der Waals surface area contributed by atoms with Crippen LogP contribution in [0.1, 0.15) is 35.2 Å². The third-order valence-corrected chi connectivity index (χ3v) is 6.77. The van der Waals surface area contributed by atoms with Gasteiger partial charge in [0.25, 0.3) is 0 Å². The molecule has 152 valence electrons. The Morgan fingerprint density at radius 2 is 1.79 bits per heavy atom. The number of carbonyl (C=O) groups is 2. The minimum absolute atomic E-state index is 0.0477. The summed E-state index contributed by atoms with van der Waals surface area (Å²) in [5.74, 6) is -1.13. The van der Waals surface area contributed by atoms with Crippen molar-refractivity contribution in [2.45, 2.75) is 44.1 Å². The van der Waals surface area contributed by atoms with Crippen LogP contribution in [0.4, 0.5) is 0 Å². The minimum atomic E-state index is -0.463. The number of ether oxygens (including phenoxy) is 2. The number of carbonyl (C=O) groups excluding carboxylic acids is 2. The van der Waals surface area contributed by atoms with Gasteiger partial charge in [0.05, 0.1) is 5.56 Å². The number of fused-ring (bicyclic) bond motifs is 2. The first-order valence-electron chi connectivity index (χ1n) is 9.92. The van der Waals surface area contributed by atoms with Gasteiger partial charge in [0, 0.05) is 22.1 Å². The number of piperidine rings is 1. The molecule has 2 aliphatic heterocycles. The van der Waals surface area contributed by atoms with E-state index in [2.05, 4.69) is 34.5 Å². The molecule has 0 spiro atoms. The van der Waals surface area contributed by atoms with Gasteiger partial charge in [-0.25, -0.2) is 4.79 Å². The third-order valence-electron chi connectivity index (χ3n) is 6.05. The molecule has 5 nitrogen and oxygen atoms in total. The van der Waals surface area contributed by atoms with E-state index in [0.29, 0.717) is 18.0 Å². The Bertz CT molecular complexity index is 870. The topological polar surface area (TPSA) is 55.8 Å². The summed E-state index contributed by atoms with van der Waals surface area (Å²) in [5.41, 5.74) is 1.45. The van der Waals surface area contributed by atoms with Crippen LogP contribution in [-0.4, -0.2) is 42.1 Å². The van der Waals surface area contributed by atoms with Crippen molar-refractivity contribution in [2.75, 3.05) is 7.05 Å². The van der Waals surface area contributed by atoms with Gasteiger partial charge in [0.2, 0.25) is 0 Å². The lowest BCUT2D eigenvalue weighted by atomic mass is 9.87. The smallest absolute Gasteiger partial charge is 0.338 e. The molecule has 2 unspecified atom stereocenters. The third kappa shape index (κ3) is 4.48. The van der Waals surface area contributed by atoms with Crippen molar-refractivity contribution in [3.05, 3.63) is 69.3 Å². The van der Waals surface area contributed by atoms with Crippen LogP contribution in [0, 0.1) is 9.49 Å². The van der Waals surface area contributed by atoms with Gasteiger partial charge in [-0.2, -0.15) is 0 Å². The SMILES string of the molecule is CN1C2CCC1[C@@H](C(=O)OCc1ccccc1)[C@@H](OC(=O)c1ccc(I)cc1)C2. The first-order chi connectivity index (χ1) is 14.0. The van der Waals surface area contributed by atoms with Crippen LogP contribution < -0.4 is 0 Å². The van der Waals surface area contributed by atoms with Gasteiger partial charge in [0.1, 0.15) is 18.6 Å². The highest BCUT2D eigenvalue weighted by molar-refractivity contribution is 14.1. The zero-order chi connectivity index (χ0) is 20.4. The fourth-order valence-corrected chi connectivity index (χ4v) is 4.83. The summed E-state index contributed by atoms with van der Waals surface area (Å²) < 4.78 is 12.6. The Balaban J connectivity index is 1.49. The Hall–Kier alpha value is -1.93. The van der Waals surface area contributed by atoms with Crippen molar-refractivity contribution < 1.29 is 19.1 Å². The fourth-order valence-electron chi connectivity index (χ4n) is 4.47. The zero-order valence-corrected chi connectivity index (χ0v) is 18.4. The van der Waals surface area contributed by atoms with E-state index >= 15 is 0 Å². The standard InChI is InChI=1S/C23H24INO4/c1-25-18-11-12-19(25)21(23(27)28-14-15-5-3-2-4-6-15)20(13-18)29-22(26)16-7-9-17(24)10-8-16/h2-10,18-21H,11-14H2,1H3/t18?,19?,20-,21+/m0/s1.